The molecule has 4 heteroatoms. The second kappa shape index (κ2) is 11.3. The third kappa shape index (κ3) is 6.04. The molecule has 0 unspecified atom stereocenters. The van der Waals surface area contributed by atoms with E-state index in [0.717, 1.165) is 34.0 Å². The molecule has 4 rings (SSSR count). The largest absolute Gasteiger partial charge is 0.495 e. The average Bonchev–Trinajstić information content (AvgIpc) is 2.91. The molecule has 0 aromatic heterocycles. The molecular weight excluding hydrogens is 430 g/mol. The number of aryl methyl sites for hydroxylation is 1. The third-order valence-corrected chi connectivity index (χ3v) is 6.14. The van der Waals surface area contributed by atoms with E-state index in [-0.39, 0.29) is 0 Å². The number of anilines is 1. The topological polar surface area (TPSA) is 46.0 Å². The van der Waals surface area contributed by atoms with Crippen LogP contribution in [0.5, 0.6) is 5.75 Å². The summed E-state index contributed by atoms with van der Waals surface area (Å²) in [6.07, 6.45) is 0. The highest BCUT2D eigenvalue weighted by molar-refractivity contribution is 6.00. The van der Waals surface area contributed by atoms with Crippen molar-refractivity contribution in [2.45, 2.75) is 27.3 Å². The Balaban J connectivity index is 1.42. The molecular formula is C31H31N3O. The van der Waals surface area contributed by atoms with Gasteiger partial charge in [0.25, 0.3) is 0 Å². The summed E-state index contributed by atoms with van der Waals surface area (Å²) in [5, 5.41) is 4.52. The van der Waals surface area contributed by atoms with Gasteiger partial charge in [0, 0.05) is 5.71 Å². The van der Waals surface area contributed by atoms with Crippen molar-refractivity contribution in [1.29, 1.82) is 0 Å². The highest BCUT2D eigenvalue weighted by Crippen LogP contribution is 2.24. The molecule has 0 fully saturated rings. The van der Waals surface area contributed by atoms with Crippen LogP contribution in [-0.2, 0) is 6.54 Å². The number of para-hydroxylation sites is 2. The van der Waals surface area contributed by atoms with Crippen LogP contribution in [0.25, 0.3) is 11.1 Å². The van der Waals surface area contributed by atoms with Crippen molar-refractivity contribution >= 4 is 17.1 Å². The van der Waals surface area contributed by atoms with Gasteiger partial charge >= 0.3 is 0 Å². The maximum atomic E-state index is 5.37. The second-order valence-corrected chi connectivity index (χ2v) is 8.49. The lowest BCUT2D eigenvalue weighted by atomic mass is 10.0. The van der Waals surface area contributed by atoms with Crippen LogP contribution in [0.2, 0.25) is 0 Å². The fourth-order valence-corrected chi connectivity index (χ4v) is 3.84. The van der Waals surface area contributed by atoms with Crippen LogP contribution >= 0.6 is 0 Å². The molecule has 0 aliphatic heterocycles. The SMILES string of the molecule is COc1ccccc1N/N=C(\C)c1ccc(-c2ccc(C(C)=NCc3ccccc3C)cc2)cc1. The first-order valence-electron chi connectivity index (χ1n) is 11.8. The molecule has 4 aromatic rings. The molecule has 4 aromatic carbocycles. The van der Waals surface area contributed by atoms with Crippen molar-refractivity contribution < 1.29 is 4.74 Å². The molecule has 0 aliphatic carbocycles. The van der Waals surface area contributed by atoms with E-state index in [2.05, 4.69) is 97.2 Å². The van der Waals surface area contributed by atoms with Crippen molar-refractivity contribution in [1.82, 2.24) is 0 Å². The first kappa shape index (κ1) is 24.0. The van der Waals surface area contributed by atoms with Gasteiger partial charge < -0.3 is 4.74 Å². The summed E-state index contributed by atoms with van der Waals surface area (Å²) in [6.45, 7) is 6.90. The summed E-state index contributed by atoms with van der Waals surface area (Å²) in [5.74, 6) is 0.762. The molecule has 0 saturated heterocycles. The molecule has 0 radical (unpaired) electrons. The maximum absolute atomic E-state index is 5.37. The lowest BCUT2D eigenvalue weighted by molar-refractivity contribution is 0.416. The summed E-state index contributed by atoms with van der Waals surface area (Å²) in [4.78, 5) is 4.80. The molecule has 1 N–H and O–H groups in total. The van der Waals surface area contributed by atoms with Gasteiger partial charge in [0.15, 0.2) is 0 Å². The Hall–Kier alpha value is -4.18. The standard InChI is InChI=1S/C31H31N3O/c1-22-9-5-6-10-29(22)21-32-23(2)25-13-17-27(18-14-25)28-19-15-26(16-20-28)24(3)33-34-30-11-7-8-12-31(30)35-4/h5-20,34H,21H2,1-4H3/b32-23?,33-24+. The Kier molecular flexibility index (Phi) is 7.74. The van der Waals surface area contributed by atoms with Gasteiger partial charge in [-0.2, -0.15) is 5.10 Å². The van der Waals surface area contributed by atoms with Gasteiger partial charge in [-0.1, -0.05) is 84.9 Å². The fraction of sp³-hybridized carbons (Fsp3) is 0.161. The molecule has 4 nitrogen and oxygen atoms in total. The van der Waals surface area contributed by atoms with Crippen LogP contribution in [0.4, 0.5) is 5.69 Å². The number of nitrogens with one attached hydrogen (secondary N) is 1. The molecule has 0 atom stereocenters. The zero-order chi connectivity index (χ0) is 24.6. The number of rotatable bonds is 8. The van der Waals surface area contributed by atoms with Gasteiger partial charge in [-0.15, -0.1) is 0 Å². The number of hydrogen-bond donors (Lipinski definition) is 1. The Morgan fingerprint density at radius 3 is 1.91 bits per heavy atom. The minimum Gasteiger partial charge on any atom is -0.495 e. The van der Waals surface area contributed by atoms with Gasteiger partial charge in [-0.05, 0) is 66.3 Å². The Labute approximate surface area is 208 Å². The molecule has 0 amide bonds. The van der Waals surface area contributed by atoms with E-state index in [1.807, 2.05) is 31.2 Å². The number of benzene rings is 4. The predicted molar refractivity (Wildman–Crippen MR) is 148 cm³/mol. The highest BCUT2D eigenvalue weighted by atomic mass is 16.5. The van der Waals surface area contributed by atoms with Gasteiger partial charge in [-0.3, -0.25) is 10.4 Å². The summed E-state index contributed by atoms with van der Waals surface area (Å²) in [6, 6.07) is 33.2. The Morgan fingerprint density at radius 2 is 1.29 bits per heavy atom. The van der Waals surface area contributed by atoms with Gasteiger partial charge in [0.05, 0.1) is 25.1 Å². The molecule has 0 saturated carbocycles. The summed E-state index contributed by atoms with van der Waals surface area (Å²) < 4.78 is 5.37. The van der Waals surface area contributed by atoms with E-state index < -0.39 is 0 Å². The third-order valence-electron chi connectivity index (χ3n) is 6.14. The van der Waals surface area contributed by atoms with Crippen LogP contribution in [0.1, 0.15) is 36.1 Å². The summed E-state index contributed by atoms with van der Waals surface area (Å²) >= 11 is 0. The second-order valence-electron chi connectivity index (χ2n) is 8.49. The molecule has 35 heavy (non-hydrogen) atoms. The first-order valence-corrected chi connectivity index (χ1v) is 11.8. The molecule has 0 aliphatic rings. The lowest BCUT2D eigenvalue weighted by Crippen LogP contribution is -2.01. The fourth-order valence-electron chi connectivity index (χ4n) is 3.84. The van der Waals surface area contributed by atoms with Crippen molar-refractivity contribution in [3.63, 3.8) is 0 Å². The zero-order valence-electron chi connectivity index (χ0n) is 20.7. The summed E-state index contributed by atoms with van der Waals surface area (Å²) in [7, 11) is 1.65. The van der Waals surface area contributed by atoms with Crippen LogP contribution < -0.4 is 10.2 Å². The van der Waals surface area contributed by atoms with E-state index in [0.29, 0.717) is 6.54 Å². The number of methoxy groups -OCH3 is 1. The predicted octanol–water partition coefficient (Wildman–Crippen LogP) is 7.52. The van der Waals surface area contributed by atoms with Gasteiger partial charge in [0.2, 0.25) is 0 Å². The quantitative estimate of drug-likeness (QED) is 0.218. The van der Waals surface area contributed by atoms with E-state index in [1.54, 1.807) is 7.11 Å². The molecule has 0 heterocycles. The highest BCUT2D eigenvalue weighted by Gasteiger charge is 2.04. The van der Waals surface area contributed by atoms with Crippen LogP contribution in [0.3, 0.4) is 0 Å². The zero-order valence-corrected chi connectivity index (χ0v) is 20.7. The number of aliphatic imine (C=N–C) groups is 1. The minimum absolute atomic E-state index is 0.703. The summed E-state index contributed by atoms with van der Waals surface area (Å²) in [5.41, 5.74) is 13.0. The number of hydrazone groups is 1. The molecule has 0 bridgehead atoms. The first-order chi connectivity index (χ1) is 17.0. The van der Waals surface area contributed by atoms with Crippen LogP contribution in [0.15, 0.2) is 107 Å². The van der Waals surface area contributed by atoms with E-state index >= 15 is 0 Å². The normalized spacial score (nSPS) is 11.9. The average molecular weight is 462 g/mol. The van der Waals surface area contributed by atoms with E-state index in [9.17, 15) is 0 Å². The molecule has 176 valence electrons. The van der Waals surface area contributed by atoms with Crippen molar-refractivity contribution in [2.24, 2.45) is 10.1 Å². The number of ether oxygens (including phenoxy) is 1. The molecule has 0 spiro atoms. The number of nitrogens with zero attached hydrogens (tertiary/aromatic N) is 2. The van der Waals surface area contributed by atoms with Crippen molar-refractivity contribution in [3.05, 3.63) is 119 Å². The Bertz CT molecular complexity index is 1340. The van der Waals surface area contributed by atoms with Gasteiger partial charge in [0.1, 0.15) is 5.75 Å². The monoisotopic (exact) mass is 461 g/mol. The number of hydrogen-bond acceptors (Lipinski definition) is 4. The lowest BCUT2D eigenvalue weighted by Gasteiger charge is -2.09. The minimum atomic E-state index is 0.703. The van der Waals surface area contributed by atoms with Crippen LogP contribution in [-0.4, -0.2) is 18.5 Å². The smallest absolute Gasteiger partial charge is 0.143 e. The van der Waals surface area contributed by atoms with Crippen molar-refractivity contribution in [2.75, 3.05) is 12.5 Å². The van der Waals surface area contributed by atoms with E-state index in [4.69, 9.17) is 9.73 Å². The Morgan fingerprint density at radius 1 is 0.714 bits per heavy atom. The van der Waals surface area contributed by atoms with Gasteiger partial charge in [-0.25, -0.2) is 0 Å². The van der Waals surface area contributed by atoms with E-state index in [1.165, 1.54) is 22.3 Å². The van der Waals surface area contributed by atoms with Crippen LogP contribution in [0, 0.1) is 6.92 Å². The maximum Gasteiger partial charge on any atom is 0.143 e. The van der Waals surface area contributed by atoms with Crippen molar-refractivity contribution in [3.8, 4) is 16.9 Å².